The van der Waals surface area contributed by atoms with E-state index in [2.05, 4.69) is 32.9 Å². The number of ether oxygens (including phenoxy) is 2. The zero-order valence-corrected chi connectivity index (χ0v) is 26.4. The van der Waals surface area contributed by atoms with Crippen LogP contribution in [0.2, 0.25) is 0 Å². The van der Waals surface area contributed by atoms with E-state index in [1.54, 1.807) is 30.5 Å². The minimum absolute atomic E-state index is 0.0440. The second kappa shape index (κ2) is 16.2. The summed E-state index contributed by atoms with van der Waals surface area (Å²) < 4.78 is 10.8. The van der Waals surface area contributed by atoms with Crippen molar-refractivity contribution >= 4 is 23.2 Å². The fraction of sp³-hybridized carbons (Fsp3) is 0.471. The molecule has 0 aliphatic rings. The molecule has 41 heavy (non-hydrogen) atoms. The minimum atomic E-state index is -0.0976. The molecule has 0 aliphatic carbocycles. The highest BCUT2D eigenvalue weighted by Gasteiger charge is 2.26. The maximum atomic E-state index is 13.9. The second-order valence-corrected chi connectivity index (χ2v) is 12.0. The van der Waals surface area contributed by atoms with Crippen LogP contribution in [0, 0.1) is 6.92 Å². The lowest BCUT2D eigenvalue weighted by Gasteiger charge is -2.31. The first-order valence-corrected chi connectivity index (χ1v) is 15.5. The van der Waals surface area contributed by atoms with Crippen molar-refractivity contribution < 1.29 is 19.1 Å². The number of methoxy groups -OCH3 is 2. The lowest BCUT2D eigenvalue weighted by atomic mass is 10.0. The summed E-state index contributed by atoms with van der Waals surface area (Å²) in [5, 5.41) is 0. The van der Waals surface area contributed by atoms with E-state index in [9.17, 15) is 9.59 Å². The summed E-state index contributed by atoms with van der Waals surface area (Å²) in [6, 6.07) is 17.9. The molecular formula is C34H46N2O4S. The first kappa shape index (κ1) is 32.2. The molecule has 0 bridgehead atoms. The predicted octanol–water partition coefficient (Wildman–Crippen LogP) is 7.32. The topological polar surface area (TPSA) is 59.1 Å². The highest BCUT2D eigenvalue weighted by atomic mass is 32.1. The van der Waals surface area contributed by atoms with E-state index >= 15 is 0 Å². The van der Waals surface area contributed by atoms with Gasteiger partial charge in [0.15, 0.2) is 11.5 Å². The molecule has 1 atom stereocenters. The third kappa shape index (κ3) is 9.35. The van der Waals surface area contributed by atoms with Gasteiger partial charge in [-0.2, -0.15) is 0 Å². The zero-order chi connectivity index (χ0) is 29.8. The average molecular weight is 579 g/mol. The van der Waals surface area contributed by atoms with Crippen molar-refractivity contribution in [3.63, 3.8) is 0 Å². The van der Waals surface area contributed by atoms with Gasteiger partial charge in [0, 0.05) is 27.9 Å². The Morgan fingerprint density at radius 3 is 2.20 bits per heavy atom. The van der Waals surface area contributed by atoms with Crippen LogP contribution in [-0.4, -0.2) is 55.0 Å². The Morgan fingerprint density at radius 1 is 0.878 bits per heavy atom. The molecule has 0 aliphatic heterocycles. The Balaban J connectivity index is 1.78. The summed E-state index contributed by atoms with van der Waals surface area (Å²) in [6.45, 7) is 9.42. The summed E-state index contributed by atoms with van der Waals surface area (Å²) in [7, 11) is 3.24. The lowest BCUT2D eigenvalue weighted by molar-refractivity contribution is -0.132. The number of thiophene rings is 1. The predicted molar refractivity (Wildman–Crippen MR) is 168 cm³/mol. The third-order valence-electron chi connectivity index (χ3n) is 7.57. The fourth-order valence-electron chi connectivity index (χ4n) is 4.80. The zero-order valence-electron chi connectivity index (χ0n) is 25.6. The molecule has 0 fully saturated rings. The smallest absolute Gasteiger partial charge is 0.254 e. The average Bonchev–Trinajstić information content (AvgIpc) is 3.41. The van der Waals surface area contributed by atoms with Crippen LogP contribution in [0.4, 0.5) is 0 Å². The number of carbonyl (C=O) groups excluding carboxylic acids is 2. The first-order chi connectivity index (χ1) is 19.8. The number of aryl methyl sites for hydroxylation is 2. The lowest BCUT2D eigenvalue weighted by Crippen LogP contribution is -2.46. The Labute approximate surface area is 250 Å². The number of unbranched alkanes of at least 4 members (excludes halogenated alkanes) is 2. The van der Waals surface area contributed by atoms with Crippen molar-refractivity contribution in [1.82, 2.24) is 9.80 Å². The van der Waals surface area contributed by atoms with Gasteiger partial charge in [-0.15, -0.1) is 11.3 Å². The van der Waals surface area contributed by atoms with Crippen molar-refractivity contribution in [2.24, 2.45) is 0 Å². The van der Waals surface area contributed by atoms with E-state index in [-0.39, 0.29) is 24.4 Å². The molecule has 2 aromatic carbocycles. The molecule has 1 unspecified atom stereocenters. The molecule has 0 saturated heterocycles. The SMILES string of the molecule is CCCCCc1ccc(C(=O)N(CC(=O)N(CCc2ccc(OC)c(OC)c2)Cc2ccc(C)s2)C(C)CC)cc1. The molecule has 3 aromatic rings. The highest BCUT2D eigenvalue weighted by Crippen LogP contribution is 2.28. The van der Waals surface area contributed by atoms with E-state index < -0.39 is 0 Å². The minimum Gasteiger partial charge on any atom is -0.493 e. The van der Waals surface area contributed by atoms with Crippen molar-refractivity contribution in [1.29, 1.82) is 0 Å². The van der Waals surface area contributed by atoms with E-state index in [0.29, 0.717) is 36.6 Å². The summed E-state index contributed by atoms with van der Waals surface area (Å²) in [5.74, 6) is 1.19. The van der Waals surface area contributed by atoms with Gasteiger partial charge in [-0.05, 0) is 87.1 Å². The van der Waals surface area contributed by atoms with Crippen molar-refractivity contribution in [3.05, 3.63) is 81.0 Å². The number of carbonyl (C=O) groups is 2. The number of hydrogen-bond donors (Lipinski definition) is 0. The summed E-state index contributed by atoms with van der Waals surface area (Å²) in [5.41, 5.74) is 2.92. The van der Waals surface area contributed by atoms with Crippen LogP contribution < -0.4 is 9.47 Å². The third-order valence-corrected chi connectivity index (χ3v) is 8.56. The Kier molecular flexibility index (Phi) is 12.7. The maximum Gasteiger partial charge on any atom is 0.254 e. The van der Waals surface area contributed by atoms with E-state index in [1.165, 1.54) is 23.3 Å². The molecule has 0 saturated carbocycles. The maximum absolute atomic E-state index is 13.9. The molecule has 222 valence electrons. The van der Waals surface area contributed by atoms with Crippen LogP contribution in [-0.2, 0) is 24.2 Å². The molecule has 1 aromatic heterocycles. The van der Waals surface area contributed by atoms with Crippen LogP contribution in [0.25, 0.3) is 0 Å². The monoisotopic (exact) mass is 578 g/mol. The van der Waals surface area contributed by atoms with Crippen LogP contribution >= 0.6 is 11.3 Å². The molecule has 1 heterocycles. The van der Waals surface area contributed by atoms with Gasteiger partial charge in [0.2, 0.25) is 5.91 Å². The number of benzene rings is 2. The van der Waals surface area contributed by atoms with Gasteiger partial charge in [-0.3, -0.25) is 9.59 Å². The molecule has 3 rings (SSSR count). The molecule has 0 radical (unpaired) electrons. The van der Waals surface area contributed by atoms with Crippen LogP contribution in [0.15, 0.2) is 54.6 Å². The van der Waals surface area contributed by atoms with Gasteiger partial charge in [0.25, 0.3) is 5.91 Å². The molecular weight excluding hydrogens is 532 g/mol. The molecule has 6 nitrogen and oxygen atoms in total. The number of nitrogens with zero attached hydrogens (tertiary/aromatic N) is 2. The Hall–Kier alpha value is -3.32. The van der Waals surface area contributed by atoms with Gasteiger partial charge in [-0.1, -0.05) is 44.9 Å². The van der Waals surface area contributed by atoms with Crippen molar-refractivity contribution in [3.8, 4) is 11.5 Å². The Bertz CT molecular complexity index is 1250. The van der Waals surface area contributed by atoms with Gasteiger partial charge in [0.1, 0.15) is 6.54 Å². The van der Waals surface area contributed by atoms with Crippen molar-refractivity contribution in [2.45, 2.75) is 78.8 Å². The van der Waals surface area contributed by atoms with E-state index in [4.69, 9.17) is 9.47 Å². The molecule has 2 amide bonds. The molecule has 0 N–H and O–H groups in total. The van der Waals surface area contributed by atoms with Gasteiger partial charge >= 0.3 is 0 Å². The number of amides is 2. The summed E-state index contributed by atoms with van der Waals surface area (Å²) in [6.07, 6.45) is 5.99. The Morgan fingerprint density at radius 2 is 1.59 bits per heavy atom. The standard InChI is InChI=1S/C34H46N2O4S/c1-7-9-10-11-27-13-16-29(17-14-27)34(38)36(25(3)8-2)24-33(37)35(23-30-18-12-26(4)41-30)21-20-28-15-19-31(39-5)32(22-28)40-6/h12-19,22,25H,7-11,20-21,23-24H2,1-6H3. The van der Waals surface area contributed by atoms with Crippen LogP contribution in [0.1, 0.15) is 77.7 Å². The quantitative estimate of drug-likeness (QED) is 0.167. The van der Waals surface area contributed by atoms with E-state index in [1.807, 2.05) is 54.3 Å². The summed E-state index contributed by atoms with van der Waals surface area (Å²) >= 11 is 1.70. The largest absolute Gasteiger partial charge is 0.493 e. The number of hydrogen-bond acceptors (Lipinski definition) is 5. The van der Waals surface area contributed by atoms with Gasteiger partial charge in [-0.25, -0.2) is 0 Å². The number of rotatable bonds is 16. The van der Waals surface area contributed by atoms with Gasteiger partial charge < -0.3 is 19.3 Å². The van der Waals surface area contributed by atoms with Crippen molar-refractivity contribution in [2.75, 3.05) is 27.3 Å². The fourth-order valence-corrected chi connectivity index (χ4v) is 5.71. The summed E-state index contributed by atoms with van der Waals surface area (Å²) in [4.78, 5) is 33.5. The highest BCUT2D eigenvalue weighted by molar-refractivity contribution is 7.11. The van der Waals surface area contributed by atoms with Gasteiger partial charge in [0.05, 0.1) is 20.8 Å². The first-order valence-electron chi connectivity index (χ1n) is 14.7. The normalized spacial score (nSPS) is 11.7. The van der Waals surface area contributed by atoms with Crippen LogP contribution in [0.3, 0.4) is 0 Å². The second-order valence-electron chi connectivity index (χ2n) is 10.6. The molecule has 7 heteroatoms. The van der Waals surface area contributed by atoms with Crippen LogP contribution in [0.5, 0.6) is 11.5 Å². The molecule has 0 spiro atoms. The van der Waals surface area contributed by atoms with E-state index in [0.717, 1.165) is 29.7 Å².